The number of rotatable bonds is 9. The molecule has 0 heterocycles. The summed E-state index contributed by atoms with van der Waals surface area (Å²) < 4.78 is 15.7. The van der Waals surface area contributed by atoms with Crippen LogP contribution in [0.1, 0.15) is 12.0 Å². The van der Waals surface area contributed by atoms with E-state index in [2.05, 4.69) is 6.07 Å². The van der Waals surface area contributed by atoms with Crippen LogP contribution < -0.4 is 4.74 Å². The van der Waals surface area contributed by atoms with Gasteiger partial charge in [-0.1, -0.05) is 12.1 Å². The number of benzene rings is 1. The van der Waals surface area contributed by atoms with Crippen LogP contribution in [0.3, 0.4) is 0 Å². The number of hydrogen-bond donors (Lipinski definition) is 0. The molecule has 0 N–H and O–H groups in total. The van der Waals surface area contributed by atoms with Crippen molar-refractivity contribution in [2.45, 2.75) is 12.8 Å². The Balaban J connectivity index is 2.10. The van der Waals surface area contributed by atoms with Gasteiger partial charge in [0.1, 0.15) is 5.75 Å². The third-order valence-electron chi connectivity index (χ3n) is 2.34. The summed E-state index contributed by atoms with van der Waals surface area (Å²) in [5.74, 6) is 0.827. The van der Waals surface area contributed by atoms with Crippen molar-refractivity contribution in [2.24, 2.45) is 0 Å². The van der Waals surface area contributed by atoms with E-state index in [4.69, 9.17) is 19.5 Å². The van der Waals surface area contributed by atoms with Gasteiger partial charge in [-0.2, -0.15) is 5.26 Å². The van der Waals surface area contributed by atoms with Crippen molar-refractivity contribution >= 4 is 0 Å². The van der Waals surface area contributed by atoms with E-state index in [-0.39, 0.29) is 0 Å². The monoisotopic (exact) mass is 249 g/mol. The number of nitrogens with zero attached hydrogens (tertiary/aromatic N) is 1. The summed E-state index contributed by atoms with van der Waals surface area (Å²) in [4.78, 5) is 0. The zero-order valence-electron chi connectivity index (χ0n) is 10.7. The van der Waals surface area contributed by atoms with Crippen molar-refractivity contribution in [3.05, 3.63) is 29.8 Å². The fourth-order valence-corrected chi connectivity index (χ4v) is 1.39. The predicted octanol–water partition coefficient (Wildman–Crippen LogP) is 2.18. The lowest BCUT2D eigenvalue weighted by Gasteiger charge is -2.07. The van der Waals surface area contributed by atoms with Crippen molar-refractivity contribution in [1.82, 2.24) is 0 Å². The first-order chi connectivity index (χ1) is 8.86. The Morgan fingerprint density at radius 2 is 1.83 bits per heavy atom. The normalized spacial score (nSPS) is 10.0. The molecule has 4 nitrogen and oxygen atoms in total. The summed E-state index contributed by atoms with van der Waals surface area (Å²) in [6.45, 7) is 2.56. The summed E-state index contributed by atoms with van der Waals surface area (Å²) in [6, 6.07) is 9.71. The van der Waals surface area contributed by atoms with Crippen molar-refractivity contribution in [3.63, 3.8) is 0 Å². The molecule has 1 aromatic rings. The number of ether oxygens (including phenoxy) is 3. The van der Waals surface area contributed by atoms with E-state index in [1.165, 1.54) is 0 Å². The van der Waals surface area contributed by atoms with E-state index in [9.17, 15) is 0 Å². The molecule has 0 bridgehead atoms. The molecule has 1 aromatic carbocycles. The average Bonchev–Trinajstić information content (AvgIpc) is 2.40. The molecule has 0 spiro atoms. The van der Waals surface area contributed by atoms with Crippen LogP contribution in [0, 0.1) is 11.3 Å². The summed E-state index contributed by atoms with van der Waals surface area (Å²) in [6.07, 6.45) is 1.29. The molecule has 0 fully saturated rings. The van der Waals surface area contributed by atoms with Gasteiger partial charge >= 0.3 is 0 Å². The molecule has 1 rings (SSSR count). The number of nitriles is 1. The maximum atomic E-state index is 8.55. The van der Waals surface area contributed by atoms with Gasteiger partial charge in [0.05, 0.1) is 32.3 Å². The Hall–Kier alpha value is -1.57. The Labute approximate surface area is 108 Å². The smallest absolute Gasteiger partial charge is 0.119 e. The van der Waals surface area contributed by atoms with Gasteiger partial charge in [0.25, 0.3) is 0 Å². The van der Waals surface area contributed by atoms with Crippen LogP contribution in [0.4, 0.5) is 0 Å². The first-order valence-electron chi connectivity index (χ1n) is 6.02. The second kappa shape index (κ2) is 9.46. The fraction of sp³-hybridized carbons (Fsp3) is 0.500. The van der Waals surface area contributed by atoms with Crippen LogP contribution in [-0.2, 0) is 15.9 Å². The number of methoxy groups -OCH3 is 1. The Morgan fingerprint density at radius 3 is 2.50 bits per heavy atom. The van der Waals surface area contributed by atoms with Crippen molar-refractivity contribution in [1.29, 1.82) is 5.26 Å². The Morgan fingerprint density at radius 1 is 1.06 bits per heavy atom. The highest BCUT2D eigenvalue weighted by Gasteiger charge is 1.95. The van der Waals surface area contributed by atoms with Gasteiger partial charge in [-0.3, -0.25) is 0 Å². The van der Waals surface area contributed by atoms with Gasteiger partial charge in [0, 0.05) is 20.1 Å². The molecule has 0 aliphatic rings. The molecule has 18 heavy (non-hydrogen) atoms. The summed E-state index contributed by atoms with van der Waals surface area (Å²) >= 11 is 0. The second-order valence-electron chi connectivity index (χ2n) is 3.79. The molecule has 0 amide bonds. The van der Waals surface area contributed by atoms with Gasteiger partial charge in [-0.05, 0) is 17.7 Å². The molecule has 4 heteroatoms. The summed E-state index contributed by atoms with van der Waals surface area (Å²) in [5, 5.41) is 8.55. The topological polar surface area (TPSA) is 51.5 Å². The lowest BCUT2D eigenvalue weighted by molar-refractivity contribution is 0.0644. The maximum absolute atomic E-state index is 8.55. The summed E-state index contributed by atoms with van der Waals surface area (Å²) in [5.41, 5.74) is 1.01. The van der Waals surface area contributed by atoms with Gasteiger partial charge < -0.3 is 14.2 Å². The Kier molecular flexibility index (Phi) is 7.61. The van der Waals surface area contributed by atoms with E-state index >= 15 is 0 Å². The Bertz CT molecular complexity index is 356. The standard InChI is InChI=1S/C14H19NO3/c1-16-11-12-17-9-2-10-18-14-5-3-13(4-6-14)7-8-15/h3-6H,2,7,9-12H2,1H3. The zero-order chi connectivity index (χ0) is 13.1. The molecule has 0 aliphatic heterocycles. The van der Waals surface area contributed by atoms with E-state index in [0.29, 0.717) is 32.8 Å². The minimum Gasteiger partial charge on any atom is -0.494 e. The molecule has 98 valence electrons. The zero-order valence-corrected chi connectivity index (χ0v) is 10.7. The SMILES string of the molecule is COCCOCCCOc1ccc(CC#N)cc1. The van der Waals surface area contributed by atoms with Crippen LogP contribution in [0.2, 0.25) is 0 Å². The third-order valence-corrected chi connectivity index (χ3v) is 2.34. The quantitative estimate of drug-likeness (QED) is 0.629. The lowest BCUT2D eigenvalue weighted by atomic mass is 10.2. The van der Waals surface area contributed by atoms with Crippen molar-refractivity contribution in [3.8, 4) is 11.8 Å². The van der Waals surface area contributed by atoms with Crippen molar-refractivity contribution < 1.29 is 14.2 Å². The van der Waals surface area contributed by atoms with Crippen LogP contribution >= 0.6 is 0 Å². The predicted molar refractivity (Wildman–Crippen MR) is 68.6 cm³/mol. The highest BCUT2D eigenvalue weighted by Crippen LogP contribution is 2.12. The highest BCUT2D eigenvalue weighted by molar-refractivity contribution is 5.28. The molecule has 0 aromatic heterocycles. The third kappa shape index (κ3) is 6.24. The first-order valence-corrected chi connectivity index (χ1v) is 6.02. The average molecular weight is 249 g/mol. The van der Waals surface area contributed by atoms with E-state index in [0.717, 1.165) is 17.7 Å². The second-order valence-corrected chi connectivity index (χ2v) is 3.79. The number of hydrogen-bond acceptors (Lipinski definition) is 4. The van der Waals surface area contributed by atoms with Gasteiger partial charge in [0.2, 0.25) is 0 Å². The molecule has 0 unspecified atom stereocenters. The fourth-order valence-electron chi connectivity index (χ4n) is 1.39. The molecule has 0 atom stereocenters. The molecule has 0 radical (unpaired) electrons. The van der Waals surface area contributed by atoms with Gasteiger partial charge in [-0.15, -0.1) is 0 Å². The molecular formula is C14H19NO3. The minimum atomic E-state index is 0.438. The molecular weight excluding hydrogens is 230 g/mol. The van der Waals surface area contributed by atoms with E-state index in [1.54, 1.807) is 7.11 Å². The lowest BCUT2D eigenvalue weighted by Crippen LogP contribution is -2.06. The minimum absolute atomic E-state index is 0.438. The van der Waals surface area contributed by atoms with Gasteiger partial charge in [-0.25, -0.2) is 0 Å². The molecule has 0 saturated heterocycles. The van der Waals surface area contributed by atoms with Crippen LogP contribution in [0.15, 0.2) is 24.3 Å². The largest absolute Gasteiger partial charge is 0.494 e. The van der Waals surface area contributed by atoms with Crippen LogP contribution in [0.5, 0.6) is 5.75 Å². The van der Waals surface area contributed by atoms with Gasteiger partial charge in [0.15, 0.2) is 0 Å². The maximum Gasteiger partial charge on any atom is 0.119 e. The van der Waals surface area contributed by atoms with Crippen LogP contribution in [0.25, 0.3) is 0 Å². The first kappa shape index (κ1) is 14.5. The molecule has 0 saturated carbocycles. The van der Waals surface area contributed by atoms with Crippen LogP contribution in [-0.4, -0.2) is 33.5 Å². The van der Waals surface area contributed by atoms with Crippen molar-refractivity contribution in [2.75, 3.05) is 33.5 Å². The summed E-state index contributed by atoms with van der Waals surface area (Å²) in [7, 11) is 1.66. The highest BCUT2D eigenvalue weighted by atomic mass is 16.5. The van der Waals surface area contributed by atoms with E-state index < -0.39 is 0 Å². The molecule has 0 aliphatic carbocycles. The van der Waals surface area contributed by atoms with E-state index in [1.807, 2.05) is 24.3 Å².